The Balaban J connectivity index is 1.72. The van der Waals surface area contributed by atoms with Crippen LogP contribution in [0.4, 0.5) is 4.39 Å². The van der Waals surface area contributed by atoms with Crippen LogP contribution in [0.5, 0.6) is 0 Å². The van der Waals surface area contributed by atoms with E-state index in [1.807, 2.05) is 0 Å². The average Bonchev–Trinajstić information content (AvgIpc) is 3.05. The van der Waals surface area contributed by atoms with E-state index in [4.69, 9.17) is 9.26 Å². The van der Waals surface area contributed by atoms with Gasteiger partial charge >= 0.3 is 0 Å². The zero-order valence-electron chi connectivity index (χ0n) is 14.6. The minimum atomic E-state index is -0.236. The van der Waals surface area contributed by atoms with Gasteiger partial charge in [-0.2, -0.15) is 4.98 Å². The van der Waals surface area contributed by atoms with Crippen molar-refractivity contribution in [2.75, 3.05) is 19.7 Å². The first-order valence-electron chi connectivity index (χ1n) is 8.30. The minimum absolute atomic E-state index is 0.0143. The number of nitrogens with zero attached hydrogens (tertiary/aromatic N) is 3. The molecule has 6 heteroatoms. The molecule has 0 bridgehead atoms. The number of rotatable bonds is 3. The molecule has 0 unspecified atom stereocenters. The van der Waals surface area contributed by atoms with E-state index >= 15 is 0 Å². The van der Waals surface area contributed by atoms with Crippen molar-refractivity contribution < 1.29 is 13.7 Å². The quantitative estimate of drug-likeness (QED) is 0.858. The van der Waals surface area contributed by atoms with E-state index < -0.39 is 0 Å². The highest BCUT2D eigenvalue weighted by atomic mass is 19.1. The highest BCUT2D eigenvalue weighted by Crippen LogP contribution is 2.29. The molecule has 1 aliphatic heterocycles. The van der Waals surface area contributed by atoms with E-state index in [9.17, 15) is 4.39 Å². The summed E-state index contributed by atoms with van der Waals surface area (Å²) in [4.78, 5) is 6.82. The molecule has 2 aromatic rings. The van der Waals surface area contributed by atoms with Crippen molar-refractivity contribution in [3.8, 4) is 0 Å². The summed E-state index contributed by atoms with van der Waals surface area (Å²) in [6.45, 7) is 10.4. The van der Waals surface area contributed by atoms with Crippen molar-refractivity contribution in [3.05, 3.63) is 47.4 Å². The zero-order valence-corrected chi connectivity index (χ0v) is 14.6. The van der Waals surface area contributed by atoms with Gasteiger partial charge in [-0.1, -0.05) is 38.1 Å². The Labute approximate surface area is 141 Å². The molecule has 0 amide bonds. The van der Waals surface area contributed by atoms with Crippen LogP contribution in [0, 0.1) is 5.82 Å². The van der Waals surface area contributed by atoms with E-state index in [1.54, 1.807) is 12.1 Å². The van der Waals surface area contributed by atoms with Crippen LogP contribution in [0.2, 0.25) is 0 Å². The van der Waals surface area contributed by atoms with Crippen molar-refractivity contribution in [1.82, 2.24) is 15.0 Å². The first-order chi connectivity index (χ1) is 11.3. The summed E-state index contributed by atoms with van der Waals surface area (Å²) in [5, 5.41) is 4.10. The molecule has 2 atom stereocenters. The van der Waals surface area contributed by atoms with E-state index in [2.05, 4.69) is 42.7 Å². The fraction of sp³-hybridized carbons (Fsp3) is 0.556. The Kier molecular flexibility index (Phi) is 4.69. The van der Waals surface area contributed by atoms with Gasteiger partial charge in [0.05, 0.1) is 18.8 Å². The lowest BCUT2D eigenvalue weighted by Gasteiger charge is -2.35. The van der Waals surface area contributed by atoms with Gasteiger partial charge in [0.2, 0.25) is 5.89 Å². The smallest absolute Gasteiger partial charge is 0.243 e. The van der Waals surface area contributed by atoms with Gasteiger partial charge in [-0.3, -0.25) is 4.90 Å². The Morgan fingerprint density at radius 2 is 1.96 bits per heavy atom. The van der Waals surface area contributed by atoms with Gasteiger partial charge in [-0.15, -0.1) is 0 Å². The molecule has 0 N–H and O–H groups in total. The molecule has 0 saturated carbocycles. The fourth-order valence-corrected chi connectivity index (χ4v) is 2.77. The lowest BCUT2D eigenvalue weighted by molar-refractivity contribution is -0.0469. The zero-order chi connectivity index (χ0) is 17.3. The monoisotopic (exact) mass is 333 g/mol. The normalized spacial score (nSPS) is 21.0. The summed E-state index contributed by atoms with van der Waals surface area (Å²) in [5.41, 5.74) is 0.845. The van der Waals surface area contributed by atoms with Crippen LogP contribution in [0.3, 0.4) is 0 Å². The summed E-state index contributed by atoms with van der Waals surface area (Å²) in [7, 11) is 0. The Bertz CT molecular complexity index is 678. The Morgan fingerprint density at radius 3 is 2.58 bits per heavy atom. The van der Waals surface area contributed by atoms with Crippen LogP contribution in [-0.2, 0) is 10.2 Å². The van der Waals surface area contributed by atoms with Crippen molar-refractivity contribution in [1.29, 1.82) is 0 Å². The van der Waals surface area contributed by atoms with Gasteiger partial charge < -0.3 is 9.26 Å². The maximum atomic E-state index is 13.1. The van der Waals surface area contributed by atoms with Gasteiger partial charge in [0, 0.05) is 18.5 Å². The summed E-state index contributed by atoms with van der Waals surface area (Å²) >= 11 is 0. The molecule has 1 aromatic carbocycles. The second-order valence-electron chi connectivity index (χ2n) is 7.29. The van der Waals surface area contributed by atoms with E-state index in [0.717, 1.165) is 12.1 Å². The molecule has 5 nitrogen and oxygen atoms in total. The predicted octanol–water partition coefficient (Wildman–Crippen LogP) is 3.64. The maximum Gasteiger partial charge on any atom is 0.243 e. The molecule has 0 spiro atoms. The first-order valence-corrected chi connectivity index (χ1v) is 8.30. The largest absolute Gasteiger partial charge is 0.371 e. The van der Waals surface area contributed by atoms with Crippen LogP contribution in [0.15, 0.2) is 28.8 Å². The van der Waals surface area contributed by atoms with Crippen molar-refractivity contribution >= 4 is 0 Å². The summed E-state index contributed by atoms with van der Waals surface area (Å²) in [6.07, 6.45) is -0.0770. The molecule has 3 rings (SSSR count). The molecule has 1 saturated heterocycles. The predicted molar refractivity (Wildman–Crippen MR) is 88.1 cm³/mol. The van der Waals surface area contributed by atoms with E-state index in [1.165, 1.54) is 12.1 Å². The van der Waals surface area contributed by atoms with Crippen molar-refractivity contribution in [2.24, 2.45) is 0 Å². The number of morpholine rings is 1. The van der Waals surface area contributed by atoms with Gasteiger partial charge in [0.25, 0.3) is 0 Å². The first kappa shape index (κ1) is 17.0. The van der Waals surface area contributed by atoms with Gasteiger partial charge in [0.15, 0.2) is 5.82 Å². The fourth-order valence-electron chi connectivity index (χ4n) is 2.77. The molecular weight excluding hydrogens is 309 g/mol. The third kappa shape index (κ3) is 3.65. The molecule has 0 aliphatic carbocycles. The van der Waals surface area contributed by atoms with E-state index in [-0.39, 0.29) is 23.4 Å². The molecular formula is C18H24FN3O2. The number of aromatic nitrogens is 2. The van der Waals surface area contributed by atoms with Crippen LogP contribution in [0.1, 0.15) is 57.1 Å². The number of hydrogen-bond acceptors (Lipinski definition) is 5. The number of benzene rings is 1. The maximum absolute atomic E-state index is 13.1. The second-order valence-corrected chi connectivity index (χ2v) is 7.29. The lowest BCUT2D eigenvalue weighted by Crippen LogP contribution is -2.40. The number of ether oxygens (including phenoxy) is 1. The SMILES string of the molecule is C[C@@H](c1nc(C(C)(C)C)no1)N1CCO[C@@H](c2ccc(F)cc2)C1. The molecule has 130 valence electrons. The van der Waals surface area contributed by atoms with Crippen LogP contribution < -0.4 is 0 Å². The average molecular weight is 333 g/mol. The van der Waals surface area contributed by atoms with Crippen molar-refractivity contribution in [2.45, 2.75) is 45.3 Å². The third-order valence-electron chi connectivity index (χ3n) is 4.36. The summed E-state index contributed by atoms with van der Waals surface area (Å²) in [6, 6.07) is 6.50. The second kappa shape index (κ2) is 6.61. The van der Waals surface area contributed by atoms with Crippen molar-refractivity contribution in [3.63, 3.8) is 0 Å². The standard InChI is InChI=1S/C18H24FN3O2/c1-12(16-20-17(21-24-16)18(2,3)4)22-9-10-23-15(11-22)13-5-7-14(19)8-6-13/h5-8,12,15H,9-11H2,1-4H3/t12-,15+/m0/s1. The third-order valence-corrected chi connectivity index (χ3v) is 4.36. The molecule has 1 aliphatic rings. The van der Waals surface area contributed by atoms with Gasteiger partial charge in [-0.05, 0) is 24.6 Å². The highest BCUT2D eigenvalue weighted by Gasteiger charge is 2.30. The number of halogens is 1. The molecule has 1 fully saturated rings. The summed E-state index contributed by atoms with van der Waals surface area (Å²) in [5.74, 6) is 1.10. The Hall–Kier alpha value is -1.79. The lowest BCUT2D eigenvalue weighted by atomic mass is 9.96. The molecule has 0 radical (unpaired) electrons. The number of hydrogen-bond donors (Lipinski definition) is 0. The Morgan fingerprint density at radius 1 is 1.25 bits per heavy atom. The molecule has 2 heterocycles. The van der Waals surface area contributed by atoms with Gasteiger partial charge in [0.1, 0.15) is 5.82 Å². The molecule has 1 aromatic heterocycles. The molecule has 24 heavy (non-hydrogen) atoms. The van der Waals surface area contributed by atoms with Crippen LogP contribution in [-0.4, -0.2) is 34.7 Å². The highest BCUT2D eigenvalue weighted by molar-refractivity contribution is 5.19. The topological polar surface area (TPSA) is 51.4 Å². The van der Waals surface area contributed by atoms with E-state index in [0.29, 0.717) is 24.9 Å². The summed E-state index contributed by atoms with van der Waals surface area (Å²) < 4.78 is 24.4. The minimum Gasteiger partial charge on any atom is -0.371 e. The van der Waals surface area contributed by atoms with Crippen LogP contribution >= 0.6 is 0 Å². The van der Waals surface area contributed by atoms with Crippen LogP contribution in [0.25, 0.3) is 0 Å². The van der Waals surface area contributed by atoms with Gasteiger partial charge in [-0.25, -0.2) is 4.39 Å².